The molecule has 1 aliphatic heterocycles. The standard InChI is InChI=1S/C12H21N5O2/c1-8(13)10-4-6-16(7-5-10)12-11(17(18)19)14-9(2)15(12)3/h8,10H,4-7,13H2,1-3H3. The van der Waals surface area contributed by atoms with Crippen molar-refractivity contribution in [3.05, 3.63) is 15.9 Å². The lowest BCUT2D eigenvalue weighted by molar-refractivity contribution is -0.388. The molecule has 0 saturated carbocycles. The van der Waals surface area contributed by atoms with E-state index in [1.165, 1.54) is 0 Å². The average molecular weight is 267 g/mol. The van der Waals surface area contributed by atoms with Gasteiger partial charge < -0.3 is 20.7 Å². The van der Waals surface area contributed by atoms with Crippen LogP contribution in [0, 0.1) is 23.0 Å². The van der Waals surface area contributed by atoms with Crippen molar-refractivity contribution in [1.82, 2.24) is 9.55 Å². The first-order valence-electron chi connectivity index (χ1n) is 6.60. The molecule has 0 amide bonds. The lowest BCUT2D eigenvalue weighted by Crippen LogP contribution is -2.40. The summed E-state index contributed by atoms with van der Waals surface area (Å²) in [5, 5.41) is 11.1. The van der Waals surface area contributed by atoms with Gasteiger partial charge in [0.15, 0.2) is 0 Å². The molecule has 1 aliphatic rings. The van der Waals surface area contributed by atoms with Gasteiger partial charge in [0, 0.05) is 33.1 Å². The minimum absolute atomic E-state index is 0.0424. The van der Waals surface area contributed by atoms with Crippen LogP contribution in [0.1, 0.15) is 25.6 Å². The summed E-state index contributed by atoms with van der Waals surface area (Å²) in [6.07, 6.45) is 1.94. The minimum atomic E-state index is -0.403. The molecule has 0 radical (unpaired) electrons. The van der Waals surface area contributed by atoms with Crippen molar-refractivity contribution in [2.75, 3.05) is 18.0 Å². The molecule has 1 unspecified atom stereocenters. The Morgan fingerprint density at radius 3 is 2.53 bits per heavy atom. The molecule has 2 heterocycles. The Kier molecular flexibility index (Phi) is 3.75. The van der Waals surface area contributed by atoms with Crippen LogP contribution < -0.4 is 10.6 Å². The van der Waals surface area contributed by atoms with Crippen LogP contribution >= 0.6 is 0 Å². The Labute approximate surface area is 112 Å². The maximum Gasteiger partial charge on any atom is 0.406 e. The Hall–Kier alpha value is -1.63. The highest BCUT2D eigenvalue weighted by molar-refractivity contribution is 5.56. The molecule has 0 aromatic carbocycles. The topological polar surface area (TPSA) is 90.2 Å². The summed E-state index contributed by atoms with van der Waals surface area (Å²) in [7, 11) is 1.82. The number of rotatable bonds is 3. The van der Waals surface area contributed by atoms with Crippen molar-refractivity contribution in [1.29, 1.82) is 0 Å². The van der Waals surface area contributed by atoms with Crippen LogP contribution in [0.3, 0.4) is 0 Å². The highest BCUT2D eigenvalue weighted by Gasteiger charge is 2.31. The van der Waals surface area contributed by atoms with Crippen LogP contribution in [0.4, 0.5) is 11.6 Å². The van der Waals surface area contributed by atoms with E-state index in [0.717, 1.165) is 25.9 Å². The number of aromatic nitrogens is 2. The minimum Gasteiger partial charge on any atom is -0.358 e. The second-order valence-corrected chi connectivity index (χ2v) is 5.31. The van der Waals surface area contributed by atoms with Crippen molar-refractivity contribution in [3.8, 4) is 0 Å². The molecule has 2 rings (SSSR count). The summed E-state index contributed by atoms with van der Waals surface area (Å²) in [6, 6.07) is 0.186. The van der Waals surface area contributed by atoms with E-state index in [4.69, 9.17) is 5.73 Å². The highest BCUT2D eigenvalue weighted by atomic mass is 16.6. The fraction of sp³-hybridized carbons (Fsp3) is 0.750. The van der Waals surface area contributed by atoms with Crippen LogP contribution in [-0.2, 0) is 7.05 Å². The molecule has 19 heavy (non-hydrogen) atoms. The van der Waals surface area contributed by atoms with E-state index in [-0.39, 0.29) is 11.9 Å². The fourth-order valence-electron chi connectivity index (χ4n) is 2.69. The summed E-state index contributed by atoms with van der Waals surface area (Å²) in [4.78, 5) is 16.8. The Morgan fingerprint density at radius 1 is 1.47 bits per heavy atom. The molecule has 2 N–H and O–H groups in total. The summed E-state index contributed by atoms with van der Waals surface area (Å²) in [5.74, 6) is 1.74. The molecule has 0 aliphatic carbocycles. The molecule has 1 aromatic rings. The predicted octanol–water partition coefficient (Wildman–Crippen LogP) is 1.20. The fourth-order valence-corrected chi connectivity index (χ4v) is 2.69. The van der Waals surface area contributed by atoms with Crippen molar-refractivity contribution in [2.24, 2.45) is 18.7 Å². The molecule has 1 atom stereocenters. The first-order valence-corrected chi connectivity index (χ1v) is 6.60. The van der Waals surface area contributed by atoms with E-state index in [1.54, 1.807) is 11.5 Å². The average Bonchev–Trinajstić information content (AvgIpc) is 2.66. The number of hydrogen-bond acceptors (Lipinski definition) is 5. The van der Waals surface area contributed by atoms with Gasteiger partial charge in [-0.15, -0.1) is 0 Å². The van der Waals surface area contributed by atoms with Crippen molar-refractivity contribution < 1.29 is 4.92 Å². The van der Waals surface area contributed by atoms with E-state index in [0.29, 0.717) is 17.6 Å². The number of anilines is 1. The molecule has 106 valence electrons. The lowest BCUT2D eigenvalue weighted by Gasteiger charge is -2.34. The monoisotopic (exact) mass is 267 g/mol. The molecule has 1 aromatic heterocycles. The van der Waals surface area contributed by atoms with Gasteiger partial charge in [-0.05, 0) is 35.6 Å². The zero-order valence-electron chi connectivity index (χ0n) is 11.7. The van der Waals surface area contributed by atoms with Gasteiger partial charge in [-0.1, -0.05) is 0 Å². The molecule has 0 spiro atoms. The van der Waals surface area contributed by atoms with E-state index in [9.17, 15) is 10.1 Å². The van der Waals surface area contributed by atoms with Gasteiger partial charge >= 0.3 is 5.82 Å². The molecule has 0 bridgehead atoms. The van der Waals surface area contributed by atoms with E-state index < -0.39 is 4.92 Å². The summed E-state index contributed by atoms with van der Waals surface area (Å²) in [5.41, 5.74) is 5.92. The number of nitrogens with two attached hydrogens (primary N) is 1. The largest absolute Gasteiger partial charge is 0.406 e. The molecular formula is C12H21N5O2. The number of imidazole rings is 1. The zero-order chi connectivity index (χ0) is 14.2. The SMILES string of the molecule is Cc1nc([N+](=O)[O-])c(N2CCC(C(C)N)CC2)n1C. The summed E-state index contributed by atoms with van der Waals surface area (Å²) < 4.78 is 1.80. The molecule has 1 saturated heterocycles. The van der Waals surface area contributed by atoms with Crippen molar-refractivity contribution in [3.63, 3.8) is 0 Å². The number of piperidine rings is 1. The lowest BCUT2D eigenvalue weighted by atomic mass is 9.91. The first kappa shape index (κ1) is 13.8. The number of aryl methyl sites for hydroxylation is 1. The summed E-state index contributed by atoms with van der Waals surface area (Å²) in [6.45, 7) is 5.40. The normalized spacial score (nSPS) is 18.6. The van der Waals surface area contributed by atoms with Crippen LogP contribution in [0.25, 0.3) is 0 Å². The van der Waals surface area contributed by atoms with Crippen LogP contribution in [0.15, 0.2) is 0 Å². The second-order valence-electron chi connectivity index (χ2n) is 5.31. The van der Waals surface area contributed by atoms with E-state index in [2.05, 4.69) is 9.88 Å². The quantitative estimate of drug-likeness (QED) is 0.656. The molecule has 1 fully saturated rings. The number of hydrogen-bond donors (Lipinski definition) is 1. The van der Waals surface area contributed by atoms with Gasteiger partial charge in [0.25, 0.3) is 0 Å². The van der Waals surface area contributed by atoms with Gasteiger partial charge in [-0.2, -0.15) is 0 Å². The van der Waals surface area contributed by atoms with Crippen LogP contribution in [-0.4, -0.2) is 33.6 Å². The Morgan fingerprint density at radius 2 is 2.05 bits per heavy atom. The van der Waals surface area contributed by atoms with Gasteiger partial charge in [-0.25, -0.2) is 0 Å². The smallest absolute Gasteiger partial charge is 0.358 e. The highest BCUT2D eigenvalue weighted by Crippen LogP contribution is 2.31. The van der Waals surface area contributed by atoms with Crippen molar-refractivity contribution in [2.45, 2.75) is 32.7 Å². The Balaban J connectivity index is 2.22. The Bertz CT molecular complexity index is 475. The van der Waals surface area contributed by atoms with Gasteiger partial charge in [0.1, 0.15) is 0 Å². The number of nitrogens with zero attached hydrogens (tertiary/aromatic N) is 4. The van der Waals surface area contributed by atoms with Gasteiger partial charge in [-0.3, -0.25) is 4.57 Å². The van der Waals surface area contributed by atoms with Gasteiger partial charge in [0.05, 0.1) is 0 Å². The van der Waals surface area contributed by atoms with Crippen LogP contribution in [0.2, 0.25) is 0 Å². The zero-order valence-corrected chi connectivity index (χ0v) is 11.7. The third-order valence-electron chi connectivity index (χ3n) is 4.03. The summed E-state index contributed by atoms with van der Waals surface area (Å²) >= 11 is 0. The molecule has 7 nitrogen and oxygen atoms in total. The maximum absolute atomic E-state index is 11.1. The maximum atomic E-state index is 11.1. The third kappa shape index (κ3) is 2.56. The van der Waals surface area contributed by atoms with Crippen molar-refractivity contribution >= 4 is 11.6 Å². The molecule has 7 heteroatoms. The van der Waals surface area contributed by atoms with E-state index >= 15 is 0 Å². The van der Waals surface area contributed by atoms with Gasteiger partial charge in [0.2, 0.25) is 11.6 Å². The first-order chi connectivity index (χ1) is 8.91. The third-order valence-corrected chi connectivity index (χ3v) is 4.03. The van der Waals surface area contributed by atoms with Crippen LogP contribution in [0.5, 0.6) is 0 Å². The predicted molar refractivity (Wildman–Crippen MR) is 73.2 cm³/mol. The number of nitro groups is 1. The van der Waals surface area contributed by atoms with E-state index in [1.807, 2.05) is 14.0 Å². The second kappa shape index (κ2) is 5.16. The molecular weight excluding hydrogens is 246 g/mol.